The van der Waals surface area contributed by atoms with Gasteiger partial charge in [0.05, 0.1) is 6.54 Å². The fraction of sp³-hybridized carbons (Fsp3) is 0.235. The van der Waals surface area contributed by atoms with Crippen molar-refractivity contribution in [1.82, 2.24) is 5.32 Å². The molecule has 0 saturated carbocycles. The van der Waals surface area contributed by atoms with E-state index in [0.717, 1.165) is 10.0 Å². The lowest BCUT2D eigenvalue weighted by atomic mass is 9.96. The Labute approximate surface area is 142 Å². The van der Waals surface area contributed by atoms with E-state index in [2.05, 4.69) is 21.2 Å². The number of benzene rings is 2. The van der Waals surface area contributed by atoms with E-state index in [-0.39, 0.29) is 19.2 Å². The summed E-state index contributed by atoms with van der Waals surface area (Å²) in [5.74, 6) is 0.904. The fourth-order valence-electron chi connectivity index (χ4n) is 2.30. The summed E-state index contributed by atoms with van der Waals surface area (Å²) in [5, 5.41) is 13.3. The molecule has 1 atom stereocenters. The first-order chi connectivity index (χ1) is 11.0. The van der Waals surface area contributed by atoms with Gasteiger partial charge in [0.15, 0.2) is 11.5 Å². The minimum atomic E-state index is -1.16. The van der Waals surface area contributed by atoms with Gasteiger partial charge in [-0.15, -0.1) is 0 Å². The second-order valence-electron chi connectivity index (χ2n) is 5.53. The molecule has 1 amide bonds. The van der Waals surface area contributed by atoms with Crippen molar-refractivity contribution in [3.63, 3.8) is 0 Å². The third kappa shape index (κ3) is 3.48. The highest BCUT2D eigenvalue weighted by Crippen LogP contribution is 2.32. The Balaban J connectivity index is 1.67. The van der Waals surface area contributed by atoms with Gasteiger partial charge < -0.3 is 19.9 Å². The van der Waals surface area contributed by atoms with E-state index in [4.69, 9.17) is 9.47 Å². The van der Waals surface area contributed by atoms with Crippen molar-refractivity contribution in [3.8, 4) is 11.5 Å². The van der Waals surface area contributed by atoms with Crippen LogP contribution < -0.4 is 14.8 Å². The van der Waals surface area contributed by atoms with Crippen LogP contribution in [0.2, 0.25) is 0 Å². The maximum absolute atomic E-state index is 12.3. The zero-order valence-electron chi connectivity index (χ0n) is 12.5. The van der Waals surface area contributed by atoms with Crippen LogP contribution in [0.5, 0.6) is 11.5 Å². The lowest BCUT2D eigenvalue weighted by Crippen LogP contribution is -2.38. The zero-order chi connectivity index (χ0) is 16.4. The SMILES string of the molecule is CC(O)(CNC(=O)c1ccc2c(c1)OCO2)c1ccc(Br)cc1. The average Bonchev–Trinajstić information content (AvgIpc) is 3.00. The number of hydrogen-bond acceptors (Lipinski definition) is 4. The van der Waals surface area contributed by atoms with Crippen LogP contribution in [-0.4, -0.2) is 24.4 Å². The number of hydrogen-bond donors (Lipinski definition) is 2. The fourth-order valence-corrected chi connectivity index (χ4v) is 2.57. The molecule has 5 nitrogen and oxygen atoms in total. The summed E-state index contributed by atoms with van der Waals surface area (Å²) < 4.78 is 11.4. The molecule has 1 unspecified atom stereocenters. The van der Waals surface area contributed by atoms with Crippen LogP contribution in [0.1, 0.15) is 22.8 Å². The second-order valence-corrected chi connectivity index (χ2v) is 6.45. The topological polar surface area (TPSA) is 67.8 Å². The summed E-state index contributed by atoms with van der Waals surface area (Å²) in [5.41, 5.74) is 0.0275. The summed E-state index contributed by atoms with van der Waals surface area (Å²) in [4.78, 5) is 12.3. The highest BCUT2D eigenvalue weighted by Gasteiger charge is 2.24. The number of carbonyl (C=O) groups is 1. The molecule has 0 fully saturated rings. The number of carbonyl (C=O) groups excluding carboxylic acids is 1. The standard InChI is InChI=1S/C17H16BrNO4/c1-17(21,12-3-5-13(18)6-4-12)9-19-16(20)11-2-7-14-15(8-11)23-10-22-14/h2-8,21H,9-10H2,1H3,(H,19,20). The predicted octanol–water partition coefficient (Wildman–Crippen LogP) is 2.82. The van der Waals surface area contributed by atoms with Crippen molar-refractivity contribution in [2.24, 2.45) is 0 Å². The van der Waals surface area contributed by atoms with Crippen molar-refractivity contribution in [1.29, 1.82) is 0 Å². The highest BCUT2D eigenvalue weighted by molar-refractivity contribution is 9.10. The largest absolute Gasteiger partial charge is 0.454 e. The molecule has 3 rings (SSSR count). The third-order valence-electron chi connectivity index (χ3n) is 3.69. The van der Waals surface area contributed by atoms with Gasteiger partial charge in [-0.3, -0.25) is 4.79 Å². The molecule has 0 bridgehead atoms. The molecule has 0 saturated heterocycles. The Kier molecular flexibility index (Phi) is 4.28. The first-order valence-corrected chi connectivity index (χ1v) is 7.91. The first kappa shape index (κ1) is 15.8. The van der Waals surface area contributed by atoms with Gasteiger partial charge in [-0.05, 0) is 42.8 Å². The van der Waals surface area contributed by atoms with Crippen molar-refractivity contribution >= 4 is 21.8 Å². The first-order valence-electron chi connectivity index (χ1n) is 7.12. The molecule has 0 aliphatic carbocycles. The Bertz CT molecular complexity index is 728. The molecule has 0 spiro atoms. The van der Waals surface area contributed by atoms with Crippen LogP contribution in [0.25, 0.3) is 0 Å². The Morgan fingerprint density at radius 1 is 1.22 bits per heavy atom. The molecule has 23 heavy (non-hydrogen) atoms. The lowest BCUT2D eigenvalue weighted by molar-refractivity contribution is 0.0526. The van der Waals surface area contributed by atoms with Gasteiger partial charge in [-0.2, -0.15) is 0 Å². The van der Waals surface area contributed by atoms with Crippen LogP contribution in [0.15, 0.2) is 46.9 Å². The summed E-state index contributed by atoms with van der Waals surface area (Å²) >= 11 is 3.36. The van der Waals surface area contributed by atoms with Crippen molar-refractivity contribution in [2.75, 3.05) is 13.3 Å². The maximum atomic E-state index is 12.3. The molecule has 2 aromatic carbocycles. The van der Waals surface area contributed by atoms with Crippen molar-refractivity contribution in [2.45, 2.75) is 12.5 Å². The van der Waals surface area contributed by atoms with Crippen LogP contribution in [0.3, 0.4) is 0 Å². The Hall–Kier alpha value is -2.05. The van der Waals surface area contributed by atoms with E-state index in [9.17, 15) is 9.90 Å². The van der Waals surface area contributed by atoms with Gasteiger partial charge in [0.25, 0.3) is 5.91 Å². The molecule has 1 heterocycles. The molecule has 2 aromatic rings. The van der Waals surface area contributed by atoms with E-state index in [1.807, 2.05) is 24.3 Å². The maximum Gasteiger partial charge on any atom is 0.251 e. The minimum absolute atomic E-state index is 0.0991. The van der Waals surface area contributed by atoms with Crippen LogP contribution in [0, 0.1) is 0 Å². The summed E-state index contributed by atoms with van der Waals surface area (Å²) in [6.45, 7) is 1.93. The smallest absolute Gasteiger partial charge is 0.251 e. The van der Waals surface area contributed by atoms with E-state index in [0.29, 0.717) is 17.1 Å². The van der Waals surface area contributed by atoms with Crippen LogP contribution >= 0.6 is 15.9 Å². The number of aliphatic hydroxyl groups is 1. The van der Waals surface area contributed by atoms with Crippen molar-refractivity contribution in [3.05, 3.63) is 58.1 Å². The number of fused-ring (bicyclic) bond motifs is 1. The van der Waals surface area contributed by atoms with Gasteiger partial charge in [-0.1, -0.05) is 28.1 Å². The van der Waals surface area contributed by atoms with Crippen molar-refractivity contribution < 1.29 is 19.4 Å². The van der Waals surface area contributed by atoms with E-state index >= 15 is 0 Å². The molecule has 2 N–H and O–H groups in total. The molecule has 1 aliphatic heterocycles. The van der Waals surface area contributed by atoms with Gasteiger partial charge >= 0.3 is 0 Å². The highest BCUT2D eigenvalue weighted by atomic mass is 79.9. The Morgan fingerprint density at radius 3 is 2.65 bits per heavy atom. The molecule has 1 aliphatic rings. The molecule has 0 radical (unpaired) electrons. The summed E-state index contributed by atoms with van der Waals surface area (Å²) in [7, 11) is 0. The lowest BCUT2D eigenvalue weighted by Gasteiger charge is -2.24. The summed E-state index contributed by atoms with van der Waals surface area (Å²) in [6.07, 6.45) is 0. The number of ether oxygens (including phenoxy) is 2. The van der Waals surface area contributed by atoms with Crippen LogP contribution in [0.4, 0.5) is 0 Å². The van der Waals surface area contributed by atoms with E-state index in [1.165, 1.54) is 0 Å². The van der Waals surface area contributed by atoms with Gasteiger partial charge in [0.1, 0.15) is 5.60 Å². The quantitative estimate of drug-likeness (QED) is 0.859. The molecular weight excluding hydrogens is 362 g/mol. The van der Waals surface area contributed by atoms with Gasteiger partial charge in [0.2, 0.25) is 6.79 Å². The number of amides is 1. The monoisotopic (exact) mass is 377 g/mol. The normalized spacial score (nSPS) is 15.1. The van der Waals surface area contributed by atoms with E-state index in [1.54, 1.807) is 25.1 Å². The molecule has 6 heteroatoms. The zero-order valence-corrected chi connectivity index (χ0v) is 14.1. The predicted molar refractivity (Wildman–Crippen MR) is 88.6 cm³/mol. The summed E-state index contributed by atoms with van der Waals surface area (Å²) in [6, 6.07) is 12.3. The van der Waals surface area contributed by atoms with Gasteiger partial charge in [0, 0.05) is 10.0 Å². The number of rotatable bonds is 4. The minimum Gasteiger partial charge on any atom is -0.454 e. The molecule has 120 valence electrons. The third-order valence-corrected chi connectivity index (χ3v) is 4.22. The Morgan fingerprint density at radius 2 is 1.91 bits per heavy atom. The average molecular weight is 378 g/mol. The van der Waals surface area contributed by atoms with Gasteiger partial charge in [-0.25, -0.2) is 0 Å². The van der Waals surface area contributed by atoms with E-state index < -0.39 is 5.60 Å². The molecule has 0 aromatic heterocycles. The molecular formula is C17H16BrNO4. The van der Waals surface area contributed by atoms with Crippen LogP contribution in [-0.2, 0) is 5.60 Å². The number of nitrogens with one attached hydrogen (secondary N) is 1. The number of halogens is 1. The second kappa shape index (κ2) is 6.22.